The molecule has 1 N–H and O–H groups in total. The van der Waals surface area contributed by atoms with Gasteiger partial charge in [0.05, 0.1) is 18.4 Å². The van der Waals surface area contributed by atoms with Crippen molar-refractivity contribution in [3.8, 4) is 5.75 Å². The number of methoxy groups -OCH3 is 1. The number of thiazole rings is 1. The van der Waals surface area contributed by atoms with Crippen molar-refractivity contribution in [2.24, 2.45) is 0 Å². The molecule has 7 heteroatoms. The van der Waals surface area contributed by atoms with E-state index in [4.69, 9.17) is 9.47 Å². The lowest BCUT2D eigenvalue weighted by Gasteiger charge is -2.04. The molecular formula is C16H14N2O3S2. The summed E-state index contributed by atoms with van der Waals surface area (Å²) in [6, 6.07) is 9.32. The number of ether oxygens (including phenoxy) is 2. The molecule has 1 aromatic carbocycles. The predicted octanol–water partition coefficient (Wildman–Crippen LogP) is 4.31. The first-order valence-corrected chi connectivity index (χ1v) is 8.61. The van der Waals surface area contributed by atoms with Gasteiger partial charge in [-0.15, -0.1) is 11.3 Å². The number of esters is 1. The molecule has 2 aromatic heterocycles. The molecule has 3 aromatic rings. The summed E-state index contributed by atoms with van der Waals surface area (Å²) in [5.74, 6) is 0.472. The number of aromatic nitrogens is 1. The van der Waals surface area contributed by atoms with Gasteiger partial charge in [-0.3, -0.25) is 0 Å². The second-order valence-electron chi connectivity index (χ2n) is 4.59. The summed E-state index contributed by atoms with van der Waals surface area (Å²) in [5, 5.41) is 9.43. The predicted molar refractivity (Wildman–Crippen MR) is 91.8 cm³/mol. The zero-order valence-corrected chi connectivity index (χ0v) is 13.9. The van der Waals surface area contributed by atoms with Crippen molar-refractivity contribution in [3.63, 3.8) is 0 Å². The van der Waals surface area contributed by atoms with E-state index in [-0.39, 0.29) is 12.6 Å². The Balaban J connectivity index is 1.56. The highest BCUT2D eigenvalue weighted by Gasteiger charge is 2.09. The second kappa shape index (κ2) is 7.26. The van der Waals surface area contributed by atoms with Crippen LogP contribution in [-0.2, 0) is 11.3 Å². The number of thiophene rings is 1. The Morgan fingerprint density at radius 3 is 2.74 bits per heavy atom. The Hall–Kier alpha value is -2.38. The molecule has 0 fully saturated rings. The van der Waals surface area contributed by atoms with Gasteiger partial charge in [-0.05, 0) is 35.7 Å². The summed E-state index contributed by atoms with van der Waals surface area (Å²) in [6.07, 6.45) is 0. The molecule has 5 nitrogen and oxygen atoms in total. The number of nitrogens with zero attached hydrogens (tertiary/aromatic N) is 1. The van der Waals surface area contributed by atoms with Crippen LogP contribution in [0.1, 0.15) is 16.1 Å². The zero-order chi connectivity index (χ0) is 16.1. The number of carbonyl (C=O) groups excluding carboxylic acids is 1. The van der Waals surface area contributed by atoms with Gasteiger partial charge in [0.2, 0.25) is 0 Å². The Labute approximate surface area is 141 Å². The molecule has 118 valence electrons. The third kappa shape index (κ3) is 4.08. The van der Waals surface area contributed by atoms with Gasteiger partial charge in [-0.2, -0.15) is 11.3 Å². The van der Waals surface area contributed by atoms with Gasteiger partial charge < -0.3 is 14.8 Å². The van der Waals surface area contributed by atoms with Crippen LogP contribution in [0.2, 0.25) is 0 Å². The molecular weight excluding hydrogens is 332 g/mol. The molecule has 2 heterocycles. The van der Waals surface area contributed by atoms with Gasteiger partial charge in [0, 0.05) is 16.4 Å². The van der Waals surface area contributed by atoms with E-state index in [0.29, 0.717) is 5.56 Å². The largest absolute Gasteiger partial charge is 0.497 e. The van der Waals surface area contributed by atoms with Gasteiger partial charge in [-0.1, -0.05) is 0 Å². The smallest absolute Gasteiger partial charge is 0.339 e. The number of hydrogen-bond acceptors (Lipinski definition) is 7. The molecule has 0 saturated heterocycles. The van der Waals surface area contributed by atoms with Crippen LogP contribution in [0, 0.1) is 0 Å². The van der Waals surface area contributed by atoms with Gasteiger partial charge in [0.15, 0.2) is 5.13 Å². The second-order valence-corrected chi connectivity index (χ2v) is 6.22. The molecule has 0 unspecified atom stereocenters. The Kier molecular flexibility index (Phi) is 4.89. The monoisotopic (exact) mass is 346 g/mol. The van der Waals surface area contributed by atoms with Crippen LogP contribution in [-0.4, -0.2) is 18.1 Å². The highest BCUT2D eigenvalue weighted by Crippen LogP contribution is 2.23. The lowest BCUT2D eigenvalue weighted by Crippen LogP contribution is -2.04. The van der Waals surface area contributed by atoms with Crippen molar-refractivity contribution in [1.82, 2.24) is 4.98 Å². The molecule has 0 aliphatic heterocycles. The van der Waals surface area contributed by atoms with Gasteiger partial charge in [0.25, 0.3) is 0 Å². The quantitative estimate of drug-likeness (QED) is 0.674. The molecule has 0 aliphatic carbocycles. The van der Waals surface area contributed by atoms with E-state index in [1.165, 1.54) is 22.7 Å². The van der Waals surface area contributed by atoms with Crippen molar-refractivity contribution in [2.45, 2.75) is 6.61 Å². The van der Waals surface area contributed by atoms with E-state index >= 15 is 0 Å². The van der Waals surface area contributed by atoms with Crippen LogP contribution < -0.4 is 10.1 Å². The first-order chi connectivity index (χ1) is 11.2. The van der Waals surface area contributed by atoms with Crippen LogP contribution >= 0.6 is 22.7 Å². The van der Waals surface area contributed by atoms with Crippen molar-refractivity contribution >= 4 is 39.5 Å². The maximum absolute atomic E-state index is 11.8. The van der Waals surface area contributed by atoms with Gasteiger partial charge >= 0.3 is 5.97 Å². The van der Waals surface area contributed by atoms with Crippen LogP contribution in [0.3, 0.4) is 0 Å². The maximum atomic E-state index is 11.8. The number of rotatable bonds is 6. The normalized spacial score (nSPS) is 10.3. The SMILES string of the molecule is COc1ccc(Nc2nc(COC(=O)c3ccsc3)cs2)cc1. The third-order valence-electron chi connectivity index (χ3n) is 3.00. The van der Waals surface area contributed by atoms with Crippen LogP contribution in [0.15, 0.2) is 46.5 Å². The van der Waals surface area contributed by atoms with E-state index in [0.717, 1.165) is 22.3 Å². The molecule has 23 heavy (non-hydrogen) atoms. The number of carbonyl (C=O) groups is 1. The van der Waals surface area contributed by atoms with Crippen molar-refractivity contribution in [2.75, 3.05) is 12.4 Å². The lowest BCUT2D eigenvalue weighted by atomic mass is 10.3. The lowest BCUT2D eigenvalue weighted by molar-refractivity contribution is 0.0469. The van der Waals surface area contributed by atoms with Gasteiger partial charge in [0.1, 0.15) is 12.4 Å². The fourth-order valence-corrected chi connectivity index (χ4v) is 3.17. The summed E-state index contributed by atoms with van der Waals surface area (Å²) in [4.78, 5) is 16.2. The summed E-state index contributed by atoms with van der Waals surface area (Å²) >= 11 is 2.92. The number of anilines is 2. The Morgan fingerprint density at radius 2 is 2.04 bits per heavy atom. The van der Waals surface area contributed by atoms with Crippen molar-refractivity contribution in [1.29, 1.82) is 0 Å². The zero-order valence-electron chi connectivity index (χ0n) is 12.3. The molecule has 0 spiro atoms. The molecule has 0 radical (unpaired) electrons. The molecule has 0 bridgehead atoms. The maximum Gasteiger partial charge on any atom is 0.339 e. The topological polar surface area (TPSA) is 60.4 Å². The first kappa shape index (κ1) is 15.5. The average Bonchev–Trinajstić information content (AvgIpc) is 3.25. The summed E-state index contributed by atoms with van der Waals surface area (Å²) < 4.78 is 10.4. The van der Waals surface area contributed by atoms with E-state index in [1.54, 1.807) is 18.6 Å². The highest BCUT2D eigenvalue weighted by molar-refractivity contribution is 7.13. The highest BCUT2D eigenvalue weighted by atomic mass is 32.1. The van der Waals surface area contributed by atoms with E-state index in [2.05, 4.69) is 10.3 Å². The van der Waals surface area contributed by atoms with E-state index in [9.17, 15) is 4.79 Å². The molecule has 0 amide bonds. The van der Waals surface area contributed by atoms with E-state index in [1.807, 2.05) is 35.0 Å². The third-order valence-corrected chi connectivity index (χ3v) is 4.49. The number of benzene rings is 1. The number of nitrogens with one attached hydrogen (secondary N) is 1. The molecule has 0 atom stereocenters. The van der Waals surface area contributed by atoms with Crippen LogP contribution in [0.5, 0.6) is 5.75 Å². The minimum absolute atomic E-state index is 0.162. The average molecular weight is 346 g/mol. The minimum Gasteiger partial charge on any atom is -0.497 e. The Morgan fingerprint density at radius 1 is 1.22 bits per heavy atom. The van der Waals surface area contributed by atoms with Crippen LogP contribution in [0.25, 0.3) is 0 Å². The van der Waals surface area contributed by atoms with Gasteiger partial charge in [-0.25, -0.2) is 9.78 Å². The van der Waals surface area contributed by atoms with Crippen molar-refractivity contribution in [3.05, 3.63) is 57.7 Å². The summed E-state index contributed by atoms with van der Waals surface area (Å²) in [5.41, 5.74) is 2.21. The number of hydrogen-bond donors (Lipinski definition) is 1. The minimum atomic E-state index is -0.330. The molecule has 0 aliphatic rings. The molecule has 0 saturated carbocycles. The van der Waals surface area contributed by atoms with E-state index < -0.39 is 0 Å². The van der Waals surface area contributed by atoms with Crippen molar-refractivity contribution < 1.29 is 14.3 Å². The Bertz CT molecular complexity index is 767. The van der Waals surface area contributed by atoms with Crippen LogP contribution in [0.4, 0.5) is 10.8 Å². The summed E-state index contributed by atoms with van der Waals surface area (Å²) in [7, 11) is 1.63. The standard InChI is InChI=1S/C16H14N2O3S2/c1-20-14-4-2-12(3-5-14)17-16-18-13(10-23-16)8-21-15(19)11-6-7-22-9-11/h2-7,9-10H,8H2,1H3,(H,17,18). The summed E-state index contributed by atoms with van der Waals surface area (Å²) in [6.45, 7) is 0.162. The first-order valence-electron chi connectivity index (χ1n) is 6.79. The molecule has 3 rings (SSSR count). The fraction of sp³-hybridized carbons (Fsp3) is 0.125. The fourth-order valence-electron chi connectivity index (χ4n) is 1.83.